The van der Waals surface area contributed by atoms with Gasteiger partial charge in [0.15, 0.2) is 0 Å². The Labute approximate surface area is 368 Å². The molecule has 3 rings (SSSR count). The van der Waals surface area contributed by atoms with E-state index in [2.05, 4.69) is 83.4 Å². The molecule has 0 aromatic carbocycles. The number of hydrogen-bond acceptors (Lipinski definition) is 6. The first-order valence-electron chi connectivity index (χ1n) is 21.2. The van der Waals surface area contributed by atoms with Crippen molar-refractivity contribution in [1.82, 2.24) is 9.80 Å². The summed E-state index contributed by atoms with van der Waals surface area (Å²) in [6, 6.07) is 0.488. The van der Waals surface area contributed by atoms with E-state index < -0.39 is 0 Å². The van der Waals surface area contributed by atoms with E-state index in [1.165, 1.54) is 89.9 Å². The van der Waals surface area contributed by atoms with E-state index in [1.54, 1.807) is 16.7 Å². The molecule has 0 spiro atoms. The van der Waals surface area contributed by atoms with Crippen LogP contribution >= 0.6 is 0 Å². The largest absolute Gasteiger partial charge is 2.00 e. The van der Waals surface area contributed by atoms with Gasteiger partial charge in [-0.15, -0.1) is 0 Å². The van der Waals surface area contributed by atoms with Crippen molar-refractivity contribution in [2.24, 2.45) is 0 Å². The second kappa shape index (κ2) is 45.2. The molecule has 0 aliphatic carbocycles. The van der Waals surface area contributed by atoms with Gasteiger partial charge < -0.3 is 30.5 Å². The Morgan fingerprint density at radius 3 is 1.55 bits per heavy atom. The van der Waals surface area contributed by atoms with Crippen molar-refractivity contribution in [1.29, 1.82) is 0 Å². The fourth-order valence-corrected chi connectivity index (χ4v) is 6.76. The third kappa shape index (κ3) is 33.2. The first kappa shape index (κ1) is 60.2. The molecule has 0 amide bonds. The predicted molar refractivity (Wildman–Crippen MR) is 239 cm³/mol. The molecule has 1 N–H and O–H groups in total. The molecule has 6 nitrogen and oxygen atoms in total. The zero-order valence-electron chi connectivity index (χ0n) is 38.9. The van der Waals surface area contributed by atoms with E-state index in [1.807, 2.05) is 0 Å². The van der Waals surface area contributed by atoms with E-state index in [4.69, 9.17) is 19.3 Å². The Bertz CT molecular complexity index is 790. The van der Waals surface area contributed by atoms with Gasteiger partial charge in [-0.1, -0.05) is 142 Å². The second-order valence-electron chi connectivity index (χ2n) is 14.0. The van der Waals surface area contributed by atoms with Crippen LogP contribution in [0.25, 0.3) is 0 Å². The second-order valence-corrected chi connectivity index (χ2v) is 14.0. The van der Waals surface area contributed by atoms with Gasteiger partial charge in [0.2, 0.25) is 0 Å². The summed E-state index contributed by atoms with van der Waals surface area (Å²) in [5.74, 6) is 0. The molecule has 3 fully saturated rings. The SMILES string of the molecule is C.C1CN2CCOC2CO1.CCCC(=CCCC1COCCN1CCO)CCC.CCCC=C(CCC)CCC.[CH2-]CCC=C(CCC)CCC.[H-].[H-].[H-].[Mg+2].[Mg+2]. The van der Waals surface area contributed by atoms with Crippen LogP contribution in [0, 0.1) is 6.92 Å². The zero-order chi connectivity index (χ0) is 37.1. The molecule has 0 bridgehead atoms. The van der Waals surface area contributed by atoms with E-state index >= 15 is 0 Å². The zero-order valence-corrected chi connectivity index (χ0v) is 38.7. The van der Waals surface area contributed by atoms with Crippen LogP contribution in [-0.2, 0) is 14.2 Å². The summed E-state index contributed by atoms with van der Waals surface area (Å²) in [6.45, 7) is 27.9. The molecule has 2 unspecified atom stereocenters. The topological polar surface area (TPSA) is 54.4 Å². The molecule has 0 radical (unpaired) electrons. The van der Waals surface area contributed by atoms with E-state index in [-0.39, 0.29) is 70.6 Å². The smallest absolute Gasteiger partial charge is 1.00 e. The van der Waals surface area contributed by atoms with Crippen molar-refractivity contribution < 1.29 is 23.6 Å². The van der Waals surface area contributed by atoms with Gasteiger partial charge in [0.1, 0.15) is 6.23 Å². The number of fused-ring (bicyclic) bond motifs is 1. The number of aliphatic hydroxyl groups excluding tert-OH is 1. The molecule has 8 heteroatoms. The van der Waals surface area contributed by atoms with Crippen LogP contribution in [0.15, 0.2) is 34.9 Å². The summed E-state index contributed by atoms with van der Waals surface area (Å²) in [5.41, 5.74) is 4.94. The number of aliphatic hydroxyl groups is 1. The first-order chi connectivity index (χ1) is 24.5. The molecule has 3 aliphatic rings. The number of allylic oxidation sites excluding steroid dienone is 6. The Hall–Kier alpha value is 0.512. The summed E-state index contributed by atoms with van der Waals surface area (Å²) in [5, 5.41) is 9.10. The molecule has 0 aromatic heterocycles. The molecular formula is C45H92Mg2N2O4. The molecule has 310 valence electrons. The van der Waals surface area contributed by atoms with E-state index in [9.17, 15) is 0 Å². The maximum absolute atomic E-state index is 9.10. The minimum Gasteiger partial charge on any atom is -1.00 e. The number of hydrogen-bond donors (Lipinski definition) is 1. The minimum absolute atomic E-state index is 0. The number of rotatable bonds is 21. The van der Waals surface area contributed by atoms with E-state index in [0.29, 0.717) is 6.04 Å². The summed E-state index contributed by atoms with van der Waals surface area (Å²) in [6.07, 6.45) is 29.9. The number of ether oxygens (including phenoxy) is 3. The van der Waals surface area contributed by atoms with Gasteiger partial charge in [0.25, 0.3) is 0 Å². The quantitative estimate of drug-likeness (QED) is 0.0712. The maximum Gasteiger partial charge on any atom is 2.00 e. The number of nitrogens with zero attached hydrogens (tertiary/aromatic N) is 2. The van der Waals surface area contributed by atoms with Gasteiger partial charge >= 0.3 is 46.1 Å². The maximum atomic E-state index is 9.10. The van der Waals surface area contributed by atoms with Crippen molar-refractivity contribution in [3.05, 3.63) is 41.9 Å². The van der Waals surface area contributed by atoms with Crippen LogP contribution < -0.4 is 0 Å². The third-order valence-corrected chi connectivity index (χ3v) is 9.33. The Morgan fingerprint density at radius 1 is 0.642 bits per heavy atom. The van der Waals surface area contributed by atoms with Crippen LogP contribution in [0.4, 0.5) is 0 Å². The number of unbranched alkanes of at least 4 members (excludes halogenated alkanes) is 2. The first-order valence-corrected chi connectivity index (χ1v) is 21.2. The molecule has 0 aromatic rings. The van der Waals surface area contributed by atoms with Crippen molar-refractivity contribution in [3.63, 3.8) is 0 Å². The van der Waals surface area contributed by atoms with Crippen molar-refractivity contribution >= 4 is 46.1 Å². The molecule has 53 heavy (non-hydrogen) atoms. The predicted octanol–water partition coefficient (Wildman–Crippen LogP) is 11.3. The van der Waals surface area contributed by atoms with Crippen LogP contribution in [0.5, 0.6) is 0 Å². The van der Waals surface area contributed by atoms with Gasteiger partial charge in [-0.25, -0.2) is 0 Å². The summed E-state index contributed by atoms with van der Waals surface area (Å²) < 4.78 is 16.1. The molecule has 3 saturated heterocycles. The van der Waals surface area contributed by atoms with Gasteiger partial charge in [0, 0.05) is 32.2 Å². The summed E-state index contributed by atoms with van der Waals surface area (Å²) >= 11 is 0. The molecule has 0 saturated carbocycles. The Morgan fingerprint density at radius 2 is 1.09 bits per heavy atom. The van der Waals surface area contributed by atoms with E-state index in [0.717, 1.165) is 84.9 Å². The fraction of sp³-hybridized carbons (Fsp3) is 0.844. The van der Waals surface area contributed by atoms with Crippen LogP contribution in [0.2, 0.25) is 0 Å². The average Bonchev–Trinajstić information content (AvgIpc) is 3.61. The Kier molecular flexibility index (Phi) is 51.4. The third-order valence-electron chi connectivity index (χ3n) is 9.33. The minimum atomic E-state index is 0. The van der Waals surface area contributed by atoms with Crippen LogP contribution in [0.3, 0.4) is 0 Å². The molecule has 3 aliphatic heterocycles. The standard InChI is InChI=1S/C16H31NO2.C11H22.C11H21.C6H11NO2.CH4.2Mg.3H/c1-3-6-15(7-4-2)8-5-9-16-14-19-13-11-17(16)10-12-18;2*1-4-7-10-11(8-5-2)9-6-3;1-3-8-5-6-7(1)2-4-9-6;;;;;;/h8,16,18H,3-7,9-14H2,1-2H3;10H,4-9H2,1-3H3;10H,1,4-9H2,2-3H3;6H,1-5H2;1H4;;;;;/q;;-1;;;2*+2;3*-1. The molecule has 2 atom stereocenters. The van der Waals surface area contributed by atoms with Crippen molar-refractivity contribution in [3.8, 4) is 0 Å². The van der Waals surface area contributed by atoms with Gasteiger partial charge in [-0.05, 0) is 57.8 Å². The summed E-state index contributed by atoms with van der Waals surface area (Å²) in [4.78, 5) is 4.69. The number of morpholine rings is 2. The van der Waals surface area contributed by atoms with Gasteiger partial charge in [-0.2, -0.15) is 6.42 Å². The average molecular weight is 774 g/mol. The van der Waals surface area contributed by atoms with Crippen molar-refractivity contribution in [2.45, 2.75) is 184 Å². The Balaban J connectivity index is -0.000000115. The van der Waals surface area contributed by atoms with Gasteiger partial charge in [0.05, 0.1) is 39.6 Å². The number of β-amino-alcohol motifs (C(OH)–C–C–N with tert-alkyl or cyclic N) is 1. The molecule has 3 heterocycles. The molecular weight excluding hydrogens is 681 g/mol. The van der Waals surface area contributed by atoms with Gasteiger partial charge in [-0.3, -0.25) is 9.80 Å². The van der Waals surface area contributed by atoms with Crippen molar-refractivity contribution in [2.75, 3.05) is 65.8 Å². The summed E-state index contributed by atoms with van der Waals surface area (Å²) in [7, 11) is 0. The van der Waals surface area contributed by atoms with Crippen LogP contribution in [0.1, 0.15) is 176 Å². The fourth-order valence-electron chi connectivity index (χ4n) is 6.76. The normalized spacial score (nSPS) is 17.6. The van der Waals surface area contributed by atoms with Crippen LogP contribution in [-0.4, -0.2) is 139 Å². The monoisotopic (exact) mass is 773 g/mol.